The first-order valence-corrected chi connectivity index (χ1v) is 7.29. The third-order valence-electron chi connectivity index (χ3n) is 3.20. The van der Waals surface area contributed by atoms with Crippen molar-refractivity contribution in [3.63, 3.8) is 0 Å². The van der Waals surface area contributed by atoms with Crippen LogP contribution in [-0.4, -0.2) is 45.1 Å². The lowest BCUT2D eigenvalue weighted by atomic mass is 10.4. The molecule has 0 unspecified atom stereocenters. The Kier molecular flexibility index (Phi) is 5.46. The van der Waals surface area contributed by atoms with Gasteiger partial charge < -0.3 is 10.1 Å². The van der Waals surface area contributed by atoms with E-state index in [2.05, 4.69) is 15.4 Å². The molecule has 1 N–H and O–H groups in total. The van der Waals surface area contributed by atoms with E-state index in [0.717, 1.165) is 26.1 Å². The predicted octanol–water partition coefficient (Wildman–Crippen LogP) is 0.535. The zero-order valence-electron chi connectivity index (χ0n) is 12.9. The number of nitrogens with zero attached hydrogens (tertiary/aromatic N) is 4. The predicted molar refractivity (Wildman–Crippen MR) is 81.3 cm³/mol. The number of rotatable bonds is 8. The first kappa shape index (κ1) is 15.7. The van der Waals surface area contributed by atoms with Gasteiger partial charge in [0.25, 0.3) is 5.56 Å². The van der Waals surface area contributed by atoms with E-state index in [1.807, 2.05) is 13.8 Å². The summed E-state index contributed by atoms with van der Waals surface area (Å²) in [5, 5.41) is 7.91. The van der Waals surface area contributed by atoms with Crippen molar-refractivity contribution in [3.8, 4) is 0 Å². The molecule has 2 aromatic rings. The van der Waals surface area contributed by atoms with E-state index in [4.69, 9.17) is 4.74 Å². The van der Waals surface area contributed by atoms with Crippen LogP contribution in [0.3, 0.4) is 0 Å². The molecule has 116 valence electrons. The molecule has 0 bridgehead atoms. The van der Waals surface area contributed by atoms with Gasteiger partial charge in [-0.3, -0.25) is 14.0 Å². The van der Waals surface area contributed by atoms with Crippen molar-refractivity contribution in [1.29, 1.82) is 0 Å². The number of fused-ring (bicyclic) bond motifs is 1. The highest BCUT2D eigenvalue weighted by atomic mass is 16.5. The molecule has 2 heterocycles. The Morgan fingerprint density at radius 3 is 2.95 bits per heavy atom. The molecule has 0 fully saturated rings. The van der Waals surface area contributed by atoms with Gasteiger partial charge in [0, 0.05) is 26.7 Å². The molecule has 0 saturated carbocycles. The molecule has 7 heteroatoms. The molecule has 0 spiro atoms. The topological polar surface area (TPSA) is 74.0 Å². The summed E-state index contributed by atoms with van der Waals surface area (Å²) in [6, 6.07) is 0. The molecule has 0 aliphatic rings. The Hall–Kier alpha value is -1.73. The molecular formula is C14H23N5O2. The second-order valence-electron chi connectivity index (χ2n) is 5.27. The SMILES string of the molecule is CC(C)OCCCNCCn1cnc2c(cnn2C)c1=O. The minimum absolute atomic E-state index is 0.0435. The maximum atomic E-state index is 12.2. The average molecular weight is 293 g/mol. The smallest absolute Gasteiger partial charge is 0.264 e. The lowest BCUT2D eigenvalue weighted by Crippen LogP contribution is -2.28. The minimum Gasteiger partial charge on any atom is -0.379 e. The summed E-state index contributed by atoms with van der Waals surface area (Å²) in [4.78, 5) is 16.5. The lowest BCUT2D eigenvalue weighted by Gasteiger charge is -2.09. The van der Waals surface area contributed by atoms with Crippen LogP contribution in [0.1, 0.15) is 20.3 Å². The summed E-state index contributed by atoms with van der Waals surface area (Å²) in [7, 11) is 1.78. The molecule has 2 aromatic heterocycles. The van der Waals surface area contributed by atoms with Crippen LogP contribution in [0.25, 0.3) is 11.0 Å². The molecule has 21 heavy (non-hydrogen) atoms. The van der Waals surface area contributed by atoms with Crippen LogP contribution in [0.2, 0.25) is 0 Å². The summed E-state index contributed by atoms with van der Waals surface area (Å²) in [5.41, 5.74) is 0.577. The number of hydrogen-bond donors (Lipinski definition) is 1. The molecule has 0 saturated heterocycles. The maximum absolute atomic E-state index is 12.2. The Labute approximate surface area is 123 Å². The fourth-order valence-corrected chi connectivity index (χ4v) is 2.07. The van der Waals surface area contributed by atoms with Crippen molar-refractivity contribution in [1.82, 2.24) is 24.6 Å². The Bertz CT molecular complexity index is 632. The molecule has 7 nitrogen and oxygen atoms in total. The zero-order valence-corrected chi connectivity index (χ0v) is 12.9. The molecule has 0 amide bonds. The number of nitrogens with one attached hydrogen (secondary N) is 1. The molecule has 2 rings (SSSR count). The summed E-state index contributed by atoms with van der Waals surface area (Å²) >= 11 is 0. The van der Waals surface area contributed by atoms with E-state index in [-0.39, 0.29) is 11.7 Å². The van der Waals surface area contributed by atoms with Crippen molar-refractivity contribution in [2.75, 3.05) is 19.7 Å². The summed E-state index contributed by atoms with van der Waals surface area (Å²) in [5.74, 6) is 0. The van der Waals surface area contributed by atoms with Gasteiger partial charge in [-0.1, -0.05) is 0 Å². The summed E-state index contributed by atoms with van der Waals surface area (Å²) < 4.78 is 8.68. The maximum Gasteiger partial charge on any atom is 0.264 e. The zero-order chi connectivity index (χ0) is 15.2. The van der Waals surface area contributed by atoms with Gasteiger partial charge in [-0.25, -0.2) is 4.98 Å². The Morgan fingerprint density at radius 2 is 2.19 bits per heavy atom. The van der Waals surface area contributed by atoms with Crippen LogP contribution in [-0.2, 0) is 18.3 Å². The average Bonchev–Trinajstić information content (AvgIpc) is 2.82. The Morgan fingerprint density at radius 1 is 1.38 bits per heavy atom. The largest absolute Gasteiger partial charge is 0.379 e. The van der Waals surface area contributed by atoms with E-state index >= 15 is 0 Å². The van der Waals surface area contributed by atoms with Gasteiger partial charge in [0.1, 0.15) is 11.7 Å². The summed E-state index contributed by atoms with van der Waals surface area (Å²) in [6.07, 6.45) is 4.39. The van der Waals surface area contributed by atoms with Gasteiger partial charge in [0.15, 0.2) is 5.65 Å². The number of ether oxygens (including phenoxy) is 1. The molecule has 0 atom stereocenters. The van der Waals surface area contributed by atoms with Gasteiger partial charge in [0.2, 0.25) is 0 Å². The standard InChI is InChI=1S/C14H23N5O2/c1-11(2)21-8-4-5-15-6-7-19-10-16-13-12(14(19)20)9-17-18(13)3/h9-11,15H,4-8H2,1-3H3. The van der Waals surface area contributed by atoms with Crippen molar-refractivity contribution in [2.45, 2.75) is 32.9 Å². The number of hydrogen-bond acceptors (Lipinski definition) is 5. The monoisotopic (exact) mass is 293 g/mol. The highest BCUT2D eigenvalue weighted by molar-refractivity contribution is 5.72. The second-order valence-corrected chi connectivity index (χ2v) is 5.27. The fourth-order valence-electron chi connectivity index (χ4n) is 2.07. The molecule has 0 aromatic carbocycles. The van der Waals surface area contributed by atoms with E-state index in [1.165, 1.54) is 0 Å². The van der Waals surface area contributed by atoms with E-state index < -0.39 is 0 Å². The van der Waals surface area contributed by atoms with Gasteiger partial charge in [-0.2, -0.15) is 5.10 Å². The normalized spacial score (nSPS) is 11.6. The third-order valence-corrected chi connectivity index (χ3v) is 3.20. The van der Waals surface area contributed by atoms with Crippen molar-refractivity contribution < 1.29 is 4.74 Å². The van der Waals surface area contributed by atoms with Gasteiger partial charge in [-0.15, -0.1) is 0 Å². The van der Waals surface area contributed by atoms with Crippen molar-refractivity contribution in [3.05, 3.63) is 22.9 Å². The first-order chi connectivity index (χ1) is 10.1. The Balaban J connectivity index is 1.79. The van der Waals surface area contributed by atoms with Crippen LogP contribution >= 0.6 is 0 Å². The highest BCUT2D eigenvalue weighted by Crippen LogP contribution is 2.02. The van der Waals surface area contributed by atoms with E-state index in [9.17, 15) is 4.79 Å². The number of aromatic nitrogens is 4. The molecular weight excluding hydrogens is 270 g/mol. The van der Waals surface area contributed by atoms with Gasteiger partial charge >= 0.3 is 0 Å². The second kappa shape index (κ2) is 7.33. The number of aryl methyl sites for hydroxylation is 1. The lowest BCUT2D eigenvalue weighted by molar-refractivity contribution is 0.0771. The summed E-state index contributed by atoms with van der Waals surface area (Å²) in [6.45, 7) is 7.03. The van der Waals surface area contributed by atoms with Crippen LogP contribution in [0.5, 0.6) is 0 Å². The van der Waals surface area contributed by atoms with Crippen molar-refractivity contribution >= 4 is 11.0 Å². The molecule has 0 radical (unpaired) electrons. The first-order valence-electron chi connectivity index (χ1n) is 7.29. The van der Waals surface area contributed by atoms with Gasteiger partial charge in [-0.05, 0) is 26.8 Å². The minimum atomic E-state index is -0.0435. The van der Waals surface area contributed by atoms with Crippen LogP contribution in [0.4, 0.5) is 0 Å². The quantitative estimate of drug-likeness (QED) is 0.719. The van der Waals surface area contributed by atoms with Crippen molar-refractivity contribution in [2.24, 2.45) is 7.05 Å². The van der Waals surface area contributed by atoms with Gasteiger partial charge in [0.05, 0.1) is 12.3 Å². The van der Waals surface area contributed by atoms with E-state index in [0.29, 0.717) is 17.6 Å². The fraction of sp³-hybridized carbons (Fsp3) is 0.643. The highest BCUT2D eigenvalue weighted by Gasteiger charge is 2.07. The van der Waals surface area contributed by atoms with Crippen LogP contribution in [0.15, 0.2) is 17.3 Å². The molecule has 0 aliphatic heterocycles. The van der Waals surface area contributed by atoms with Crippen LogP contribution in [0, 0.1) is 0 Å². The third kappa shape index (κ3) is 4.12. The van der Waals surface area contributed by atoms with Crippen LogP contribution < -0.4 is 10.9 Å². The molecule has 0 aliphatic carbocycles. The van der Waals surface area contributed by atoms with E-state index in [1.54, 1.807) is 28.8 Å².